The van der Waals surface area contributed by atoms with E-state index in [9.17, 15) is 13.7 Å². The van der Waals surface area contributed by atoms with Gasteiger partial charge in [-0.1, -0.05) is 24.3 Å². The summed E-state index contributed by atoms with van der Waals surface area (Å²) in [6.07, 6.45) is 0. The molecule has 0 saturated heterocycles. The molecule has 2 aromatic rings. The zero-order valence-electron chi connectivity index (χ0n) is 9.72. The van der Waals surface area contributed by atoms with Gasteiger partial charge < -0.3 is 4.74 Å². The van der Waals surface area contributed by atoms with E-state index in [1.54, 1.807) is 24.3 Å². The number of nitrogens with two attached hydrogens (primary N) is 1. The van der Waals surface area contributed by atoms with Crippen LogP contribution in [0.3, 0.4) is 0 Å². The van der Waals surface area contributed by atoms with E-state index in [0.29, 0.717) is 11.1 Å². The van der Waals surface area contributed by atoms with Crippen LogP contribution in [-0.2, 0) is 0 Å². The maximum atomic E-state index is 12.3. The molecule has 0 unspecified atom stereocenters. The number of hydrogen-bond donors (Lipinski definition) is 1. The van der Waals surface area contributed by atoms with Crippen molar-refractivity contribution in [2.75, 3.05) is 0 Å². The number of nitroso groups, excluding NO2 is 1. The molecular formula is C13H10F2N2O2+. The lowest BCUT2D eigenvalue weighted by Gasteiger charge is -2.10. The van der Waals surface area contributed by atoms with Gasteiger partial charge in [0.2, 0.25) is 0 Å². The standard InChI is InChI=1S/C13H10F2N2O2/c14-13(15)19-12-7-2-1-6-11(12)9-4-3-5-10(8-9)17(16)18/h1-4,6-8,13H,(H2,16,18)/q+1. The highest BCUT2D eigenvalue weighted by Crippen LogP contribution is 2.32. The molecule has 0 aromatic heterocycles. The Bertz CT molecular complexity index is 603. The van der Waals surface area contributed by atoms with Crippen LogP contribution in [0, 0.1) is 11.0 Å². The Morgan fingerprint density at radius 1 is 1.26 bits per heavy atom. The largest absolute Gasteiger partial charge is 0.434 e. The van der Waals surface area contributed by atoms with Gasteiger partial charge in [0.1, 0.15) is 5.75 Å². The Balaban J connectivity index is 2.46. The molecule has 0 spiro atoms. The summed E-state index contributed by atoms with van der Waals surface area (Å²) < 4.78 is 29.1. The van der Waals surface area contributed by atoms with E-state index in [2.05, 4.69) is 10.8 Å². The summed E-state index contributed by atoms with van der Waals surface area (Å²) in [5.41, 5.74) is 1.08. The van der Waals surface area contributed by atoms with Crippen LogP contribution in [0.1, 0.15) is 0 Å². The molecule has 2 rings (SSSR count). The number of halogens is 2. The molecule has 4 nitrogen and oxygen atoms in total. The molecule has 0 saturated carbocycles. The fourth-order valence-electron chi connectivity index (χ4n) is 1.65. The fourth-order valence-corrected chi connectivity index (χ4v) is 1.65. The molecule has 0 aliphatic rings. The number of alkyl halides is 2. The monoisotopic (exact) mass is 264 g/mol. The minimum Gasteiger partial charge on any atom is -0.434 e. The quantitative estimate of drug-likeness (QED) is 0.524. The molecular weight excluding hydrogens is 254 g/mol. The van der Waals surface area contributed by atoms with Crippen LogP contribution in [0.2, 0.25) is 0 Å². The maximum absolute atomic E-state index is 12.3. The average Bonchev–Trinajstić information content (AvgIpc) is 2.39. The smallest absolute Gasteiger partial charge is 0.387 e. The fraction of sp³-hybridized carbons (Fsp3) is 0.0769. The Morgan fingerprint density at radius 3 is 2.68 bits per heavy atom. The third-order valence-corrected chi connectivity index (χ3v) is 2.44. The second-order valence-electron chi connectivity index (χ2n) is 3.66. The average molecular weight is 264 g/mol. The zero-order valence-corrected chi connectivity index (χ0v) is 9.72. The van der Waals surface area contributed by atoms with Crippen molar-refractivity contribution in [3.63, 3.8) is 0 Å². The number of hydrogen-bond acceptors (Lipinski definition) is 2. The predicted molar refractivity (Wildman–Crippen MR) is 64.8 cm³/mol. The van der Waals surface area contributed by atoms with Crippen LogP contribution in [0.5, 0.6) is 5.75 Å². The van der Waals surface area contributed by atoms with Gasteiger partial charge in [0.15, 0.2) is 4.87 Å². The predicted octanol–water partition coefficient (Wildman–Crippen LogP) is 3.04. The number of hydrazine groups is 1. The Kier molecular flexibility index (Phi) is 3.70. The van der Waals surface area contributed by atoms with Crippen molar-refractivity contribution >= 4 is 5.69 Å². The third-order valence-electron chi connectivity index (χ3n) is 2.44. The van der Waals surface area contributed by atoms with Crippen LogP contribution in [-0.4, -0.2) is 11.5 Å². The first kappa shape index (κ1) is 12.9. The van der Waals surface area contributed by atoms with E-state index in [0.717, 1.165) is 0 Å². The number of rotatable bonds is 4. The van der Waals surface area contributed by atoms with Crippen molar-refractivity contribution in [2.45, 2.75) is 6.61 Å². The van der Waals surface area contributed by atoms with Gasteiger partial charge in [-0.2, -0.15) is 14.6 Å². The molecule has 2 aromatic carbocycles. The lowest BCUT2D eigenvalue weighted by Crippen LogP contribution is -2.08. The summed E-state index contributed by atoms with van der Waals surface area (Å²) in [5.74, 6) is 5.11. The third kappa shape index (κ3) is 3.04. The van der Waals surface area contributed by atoms with E-state index < -0.39 is 6.61 Å². The molecule has 1 radical (unpaired) electrons. The Morgan fingerprint density at radius 2 is 2.00 bits per heavy atom. The van der Waals surface area contributed by atoms with Crippen LogP contribution >= 0.6 is 0 Å². The van der Waals surface area contributed by atoms with Gasteiger partial charge in [-0.05, 0) is 17.7 Å². The van der Waals surface area contributed by atoms with Crippen molar-refractivity contribution in [2.24, 2.45) is 5.84 Å². The molecule has 2 N–H and O–H groups in total. The summed E-state index contributed by atoms with van der Waals surface area (Å²) in [4.78, 5) is 11.2. The molecule has 0 fully saturated rings. The van der Waals surface area contributed by atoms with Crippen LogP contribution in [0.4, 0.5) is 14.5 Å². The molecule has 0 aliphatic heterocycles. The minimum absolute atomic E-state index is 0.0316. The highest BCUT2D eigenvalue weighted by atomic mass is 19.3. The first-order valence-electron chi connectivity index (χ1n) is 5.36. The van der Waals surface area contributed by atoms with Crippen molar-refractivity contribution in [3.8, 4) is 16.9 Å². The van der Waals surface area contributed by atoms with Gasteiger partial charge in [-0.15, -0.1) is 0 Å². The minimum atomic E-state index is -2.92. The van der Waals surface area contributed by atoms with Gasteiger partial charge in [-0.25, -0.2) is 0 Å². The normalized spacial score (nSPS) is 10.5. The number of ether oxygens (including phenoxy) is 1. The Labute approximate surface area is 108 Å². The molecule has 6 heteroatoms. The van der Waals surface area contributed by atoms with Gasteiger partial charge in [-0.3, -0.25) is 0 Å². The van der Waals surface area contributed by atoms with Crippen LogP contribution in [0.15, 0.2) is 42.5 Å². The molecule has 0 aliphatic carbocycles. The number of para-hydroxylation sites is 1. The molecule has 19 heavy (non-hydrogen) atoms. The van der Waals surface area contributed by atoms with E-state index in [4.69, 9.17) is 5.84 Å². The van der Waals surface area contributed by atoms with Crippen molar-refractivity contribution in [3.05, 3.63) is 53.4 Å². The molecule has 0 bridgehead atoms. The van der Waals surface area contributed by atoms with Gasteiger partial charge in [0, 0.05) is 11.6 Å². The van der Waals surface area contributed by atoms with Crippen LogP contribution in [0.25, 0.3) is 11.1 Å². The lowest BCUT2D eigenvalue weighted by molar-refractivity contribution is -0.475. The number of benzene rings is 2. The second-order valence-corrected chi connectivity index (χ2v) is 3.66. The van der Waals surface area contributed by atoms with Crippen molar-refractivity contribution in [1.29, 1.82) is 0 Å². The highest BCUT2D eigenvalue weighted by molar-refractivity contribution is 5.72. The van der Waals surface area contributed by atoms with E-state index >= 15 is 0 Å². The molecule has 0 amide bonds. The summed E-state index contributed by atoms with van der Waals surface area (Å²) in [5, 5.41) is 0. The van der Waals surface area contributed by atoms with Gasteiger partial charge in [0.25, 0.3) is 5.69 Å². The van der Waals surface area contributed by atoms with E-state index in [1.165, 1.54) is 18.2 Å². The maximum Gasteiger partial charge on any atom is 0.387 e. The lowest BCUT2D eigenvalue weighted by atomic mass is 10.0. The van der Waals surface area contributed by atoms with Gasteiger partial charge >= 0.3 is 6.61 Å². The van der Waals surface area contributed by atoms with Gasteiger partial charge in [0.05, 0.1) is 11.0 Å². The second kappa shape index (κ2) is 5.43. The summed E-state index contributed by atoms with van der Waals surface area (Å²) in [6, 6.07) is 13.5. The van der Waals surface area contributed by atoms with E-state index in [-0.39, 0.29) is 16.3 Å². The van der Waals surface area contributed by atoms with Crippen LogP contribution < -0.4 is 10.6 Å². The molecule has 0 atom stereocenters. The van der Waals surface area contributed by atoms with E-state index in [1.807, 2.05) is 0 Å². The zero-order chi connectivity index (χ0) is 13.8. The summed E-state index contributed by atoms with van der Waals surface area (Å²) in [6.45, 7) is -2.92. The summed E-state index contributed by atoms with van der Waals surface area (Å²) >= 11 is 0. The molecule has 97 valence electrons. The topological polar surface area (TPSA) is 55.3 Å². The first-order valence-corrected chi connectivity index (χ1v) is 5.36. The van der Waals surface area contributed by atoms with Crippen molar-refractivity contribution in [1.82, 2.24) is 0 Å². The SMILES string of the molecule is N[N+](=O)c1[c]ccc(-c2ccccc2OC(F)F)c1. The van der Waals surface area contributed by atoms with Crippen molar-refractivity contribution < 1.29 is 18.4 Å². The summed E-state index contributed by atoms with van der Waals surface area (Å²) in [7, 11) is 0. The molecule has 0 heterocycles. The Hall–Kier alpha value is -2.50. The number of nitrogens with zero attached hydrogens (tertiary/aromatic N) is 1. The highest BCUT2D eigenvalue weighted by Gasteiger charge is 2.14. The first-order chi connectivity index (χ1) is 9.08.